The average molecular weight is 527 g/mol. The standard InChI is InChI=1S/C31H46N2O5/c1-20(2)12-15-24-28(36)21(3)10-9-16-31(6)26(38-31)18-23(14-13-22-11-7-8-17-32-22)33-27(35)19-25(34)30(4,5)29(24)37/h7-8,11-14,17,21,23-26,28,34,36H,9-10,15-16,18-19H2,1-6H3,(H,33,35). The van der Waals surface area contributed by atoms with Gasteiger partial charge in [0.2, 0.25) is 5.91 Å². The van der Waals surface area contributed by atoms with Crippen LogP contribution in [0, 0.1) is 17.3 Å². The summed E-state index contributed by atoms with van der Waals surface area (Å²) in [5.74, 6) is -1.30. The average Bonchev–Trinajstić information content (AvgIpc) is 3.50. The van der Waals surface area contributed by atoms with Gasteiger partial charge in [-0.05, 0) is 64.2 Å². The zero-order valence-electron chi connectivity index (χ0n) is 23.8. The van der Waals surface area contributed by atoms with E-state index in [2.05, 4.69) is 17.2 Å². The number of Topliss-reactive ketones (excluding diaryl/α,β-unsaturated/α-hetero) is 1. The van der Waals surface area contributed by atoms with E-state index < -0.39 is 23.5 Å². The molecule has 3 N–H and O–H groups in total. The van der Waals surface area contributed by atoms with Gasteiger partial charge in [-0.25, -0.2) is 0 Å². The molecule has 1 amide bonds. The normalized spacial score (nSPS) is 34.8. The lowest BCUT2D eigenvalue weighted by molar-refractivity contribution is -0.143. The molecule has 0 aliphatic carbocycles. The van der Waals surface area contributed by atoms with Crippen molar-refractivity contribution in [1.82, 2.24) is 10.3 Å². The number of allylic oxidation sites excluding steroid dienone is 2. The van der Waals surface area contributed by atoms with E-state index in [0.717, 1.165) is 30.5 Å². The fourth-order valence-electron chi connectivity index (χ4n) is 5.36. The van der Waals surface area contributed by atoms with Crippen molar-refractivity contribution in [3.63, 3.8) is 0 Å². The summed E-state index contributed by atoms with van der Waals surface area (Å²) < 4.78 is 6.09. The molecule has 0 spiro atoms. The third-order valence-electron chi connectivity index (χ3n) is 8.33. The number of ketones is 1. The molecule has 7 atom stereocenters. The Bertz CT molecular complexity index is 1020. The maximum Gasteiger partial charge on any atom is 0.223 e. The molecule has 2 saturated heterocycles. The molecule has 2 aliphatic rings. The maximum absolute atomic E-state index is 13.8. The van der Waals surface area contributed by atoms with Crippen LogP contribution in [0.3, 0.4) is 0 Å². The molecule has 2 fully saturated rings. The molecule has 0 saturated carbocycles. The minimum Gasteiger partial charge on any atom is -0.392 e. The molecule has 0 bridgehead atoms. The summed E-state index contributed by atoms with van der Waals surface area (Å²) in [4.78, 5) is 31.2. The number of rotatable bonds is 4. The van der Waals surface area contributed by atoms with Crippen LogP contribution in [0.25, 0.3) is 6.08 Å². The van der Waals surface area contributed by atoms with Crippen LogP contribution in [0.15, 0.2) is 42.1 Å². The Balaban J connectivity index is 1.86. The summed E-state index contributed by atoms with van der Waals surface area (Å²) >= 11 is 0. The van der Waals surface area contributed by atoms with Gasteiger partial charge in [0, 0.05) is 18.5 Å². The number of pyridine rings is 1. The van der Waals surface area contributed by atoms with Crippen molar-refractivity contribution in [1.29, 1.82) is 0 Å². The fraction of sp³-hybridized carbons (Fsp3) is 0.645. The lowest BCUT2D eigenvalue weighted by Gasteiger charge is -2.36. The number of aromatic nitrogens is 1. The molecule has 0 radical (unpaired) electrons. The Kier molecular flexibility index (Phi) is 10.1. The largest absolute Gasteiger partial charge is 0.392 e. The molecular formula is C31H46N2O5. The first-order valence-corrected chi connectivity index (χ1v) is 13.9. The Morgan fingerprint density at radius 1 is 1.21 bits per heavy atom. The van der Waals surface area contributed by atoms with E-state index >= 15 is 0 Å². The second-order valence-electron chi connectivity index (χ2n) is 12.2. The number of amides is 1. The van der Waals surface area contributed by atoms with Crippen molar-refractivity contribution < 1.29 is 24.5 Å². The minimum absolute atomic E-state index is 0.00248. The second-order valence-corrected chi connectivity index (χ2v) is 12.2. The third-order valence-corrected chi connectivity index (χ3v) is 8.33. The summed E-state index contributed by atoms with van der Waals surface area (Å²) in [6.45, 7) is 11.4. The van der Waals surface area contributed by atoms with Gasteiger partial charge >= 0.3 is 0 Å². The molecule has 210 valence electrons. The summed E-state index contributed by atoms with van der Waals surface area (Å²) in [6, 6.07) is 5.35. The van der Waals surface area contributed by atoms with E-state index in [9.17, 15) is 19.8 Å². The summed E-state index contributed by atoms with van der Waals surface area (Å²) in [7, 11) is 0. The molecule has 3 heterocycles. The molecule has 7 heteroatoms. The maximum atomic E-state index is 13.8. The topological polar surface area (TPSA) is 112 Å². The van der Waals surface area contributed by atoms with E-state index in [0.29, 0.717) is 12.8 Å². The summed E-state index contributed by atoms with van der Waals surface area (Å²) in [5.41, 5.74) is 0.377. The number of nitrogens with zero attached hydrogens (tertiary/aromatic N) is 1. The van der Waals surface area contributed by atoms with Gasteiger partial charge in [-0.2, -0.15) is 0 Å². The number of ether oxygens (including phenoxy) is 1. The number of fused-ring (bicyclic) bond motifs is 1. The van der Waals surface area contributed by atoms with Gasteiger partial charge in [0.1, 0.15) is 5.78 Å². The van der Waals surface area contributed by atoms with Crippen LogP contribution in [0.4, 0.5) is 0 Å². The van der Waals surface area contributed by atoms with Crippen molar-refractivity contribution in [2.45, 2.75) is 110 Å². The van der Waals surface area contributed by atoms with Gasteiger partial charge in [-0.15, -0.1) is 0 Å². The van der Waals surface area contributed by atoms with Crippen LogP contribution in [0.1, 0.15) is 85.8 Å². The van der Waals surface area contributed by atoms with E-state index in [-0.39, 0.29) is 41.8 Å². The molecule has 0 aromatic carbocycles. The first-order valence-electron chi connectivity index (χ1n) is 13.9. The molecule has 7 unspecified atom stereocenters. The van der Waals surface area contributed by atoms with Crippen molar-refractivity contribution in [3.05, 3.63) is 47.8 Å². The van der Waals surface area contributed by atoms with Gasteiger partial charge in [0.25, 0.3) is 0 Å². The zero-order chi connectivity index (χ0) is 28.1. The molecule has 2 aliphatic heterocycles. The minimum atomic E-state index is -1.20. The van der Waals surface area contributed by atoms with Crippen LogP contribution in [-0.4, -0.2) is 56.8 Å². The Morgan fingerprint density at radius 3 is 2.61 bits per heavy atom. The lowest BCUT2D eigenvalue weighted by atomic mass is 9.71. The number of hydrogen-bond donors (Lipinski definition) is 3. The highest BCUT2D eigenvalue weighted by atomic mass is 16.6. The Hall–Kier alpha value is -2.35. The number of hydrogen-bond acceptors (Lipinski definition) is 6. The number of nitrogens with one attached hydrogen (secondary N) is 1. The number of aliphatic hydroxyl groups is 2. The predicted molar refractivity (Wildman–Crippen MR) is 149 cm³/mol. The quantitative estimate of drug-likeness (QED) is 0.390. The fourth-order valence-corrected chi connectivity index (χ4v) is 5.36. The lowest BCUT2D eigenvalue weighted by Crippen LogP contribution is -2.48. The summed E-state index contributed by atoms with van der Waals surface area (Å²) in [5, 5.41) is 25.4. The van der Waals surface area contributed by atoms with Crippen LogP contribution in [0.2, 0.25) is 0 Å². The highest BCUT2D eigenvalue weighted by Crippen LogP contribution is 2.44. The number of carbonyl (C=O) groups is 2. The summed E-state index contributed by atoms with van der Waals surface area (Å²) in [6.07, 6.45) is 8.73. The SMILES string of the molecule is CC(C)=CCC1C(=O)C(C)(C)C(O)CC(=O)NC(C=Cc2ccccn2)CC2OC2(C)CCCC(C)C1O. The highest BCUT2D eigenvalue weighted by Gasteiger charge is 2.52. The Morgan fingerprint density at radius 2 is 1.95 bits per heavy atom. The van der Waals surface area contributed by atoms with E-state index in [1.165, 1.54) is 0 Å². The molecule has 7 nitrogen and oxygen atoms in total. The van der Waals surface area contributed by atoms with Crippen LogP contribution in [0.5, 0.6) is 0 Å². The molecule has 1 aromatic rings. The first kappa shape index (κ1) is 30.2. The zero-order valence-corrected chi connectivity index (χ0v) is 23.8. The second kappa shape index (κ2) is 12.7. The van der Waals surface area contributed by atoms with Crippen LogP contribution < -0.4 is 5.32 Å². The molecular weight excluding hydrogens is 480 g/mol. The molecule has 3 rings (SSSR count). The van der Waals surface area contributed by atoms with Gasteiger partial charge < -0.3 is 20.3 Å². The van der Waals surface area contributed by atoms with Crippen molar-refractivity contribution >= 4 is 17.8 Å². The molecule has 38 heavy (non-hydrogen) atoms. The van der Waals surface area contributed by atoms with Crippen LogP contribution in [-0.2, 0) is 14.3 Å². The molecule has 1 aromatic heterocycles. The number of epoxide rings is 1. The smallest absolute Gasteiger partial charge is 0.223 e. The van der Waals surface area contributed by atoms with E-state index in [4.69, 9.17) is 4.74 Å². The number of aliphatic hydroxyl groups excluding tert-OH is 2. The third kappa shape index (κ3) is 7.84. The predicted octanol–water partition coefficient (Wildman–Crippen LogP) is 4.63. The Labute approximate surface area is 227 Å². The monoisotopic (exact) mass is 526 g/mol. The van der Waals surface area contributed by atoms with Crippen molar-refractivity contribution in [3.8, 4) is 0 Å². The van der Waals surface area contributed by atoms with Gasteiger partial charge in [0.15, 0.2) is 0 Å². The van der Waals surface area contributed by atoms with Crippen LogP contribution >= 0.6 is 0 Å². The van der Waals surface area contributed by atoms with E-state index in [1.54, 1.807) is 20.0 Å². The first-order chi connectivity index (χ1) is 17.8. The van der Waals surface area contributed by atoms with Gasteiger partial charge in [0.05, 0.1) is 47.5 Å². The highest BCUT2D eigenvalue weighted by molar-refractivity contribution is 5.88. The van der Waals surface area contributed by atoms with E-state index in [1.807, 2.05) is 57.2 Å². The van der Waals surface area contributed by atoms with Crippen molar-refractivity contribution in [2.75, 3.05) is 0 Å². The van der Waals surface area contributed by atoms with Gasteiger partial charge in [-0.1, -0.05) is 51.0 Å². The number of carbonyl (C=O) groups excluding carboxylic acids is 2. The van der Waals surface area contributed by atoms with Gasteiger partial charge in [-0.3, -0.25) is 14.6 Å². The van der Waals surface area contributed by atoms with Crippen molar-refractivity contribution in [2.24, 2.45) is 17.3 Å².